The fourth-order valence-electron chi connectivity index (χ4n) is 2.12. The monoisotopic (exact) mass is 272 g/mol. The van der Waals surface area contributed by atoms with Gasteiger partial charge in [0, 0.05) is 18.7 Å². The average molecular weight is 273 g/mol. The normalized spacial score (nSPS) is 19.7. The molecule has 1 aliphatic rings. The fourth-order valence-corrected chi connectivity index (χ4v) is 2.58. The molecular formula is C12H14Cl2N2O. The van der Waals surface area contributed by atoms with Gasteiger partial charge in [-0.05, 0) is 24.5 Å². The number of carbonyl (C=O) groups excluding carboxylic acids is 1. The van der Waals surface area contributed by atoms with Crippen LogP contribution in [0.4, 0.5) is 0 Å². The summed E-state index contributed by atoms with van der Waals surface area (Å²) in [5, 5.41) is 0.513. The van der Waals surface area contributed by atoms with Crippen molar-refractivity contribution in [3.05, 3.63) is 28.0 Å². The lowest BCUT2D eigenvalue weighted by molar-refractivity contribution is 0.0787. The molecule has 0 radical (unpaired) electrons. The number of hydrogen-bond acceptors (Lipinski definition) is 2. The molecule has 2 heterocycles. The highest BCUT2D eigenvalue weighted by Crippen LogP contribution is 2.22. The summed E-state index contributed by atoms with van der Waals surface area (Å²) < 4.78 is 0. The number of likely N-dealkylation sites (tertiary alicyclic amines) is 1. The number of carbonyl (C=O) groups is 1. The molecule has 0 N–H and O–H groups in total. The van der Waals surface area contributed by atoms with E-state index in [1.54, 1.807) is 12.1 Å². The van der Waals surface area contributed by atoms with Crippen LogP contribution in [0.25, 0.3) is 0 Å². The summed E-state index contributed by atoms with van der Waals surface area (Å²) >= 11 is 11.6. The number of hydrogen-bond donors (Lipinski definition) is 0. The molecule has 0 aliphatic carbocycles. The van der Waals surface area contributed by atoms with E-state index in [4.69, 9.17) is 23.2 Å². The molecule has 5 heteroatoms. The molecular weight excluding hydrogens is 259 g/mol. The van der Waals surface area contributed by atoms with Gasteiger partial charge in [-0.3, -0.25) is 4.79 Å². The molecule has 2 rings (SSSR count). The Balaban J connectivity index is 2.14. The number of rotatable bonds is 2. The Labute approximate surface area is 111 Å². The van der Waals surface area contributed by atoms with Crippen molar-refractivity contribution < 1.29 is 4.79 Å². The van der Waals surface area contributed by atoms with Gasteiger partial charge < -0.3 is 4.90 Å². The lowest BCUT2D eigenvalue weighted by Gasteiger charge is -2.16. The van der Waals surface area contributed by atoms with Crippen LogP contribution in [-0.2, 0) is 0 Å². The fraction of sp³-hybridized carbons (Fsp3) is 0.500. The van der Waals surface area contributed by atoms with E-state index in [-0.39, 0.29) is 16.2 Å². The number of aromatic nitrogens is 1. The molecule has 0 spiro atoms. The third-order valence-corrected chi connectivity index (χ3v) is 3.55. The van der Waals surface area contributed by atoms with Gasteiger partial charge in [-0.1, -0.05) is 36.5 Å². The summed E-state index contributed by atoms with van der Waals surface area (Å²) in [5.41, 5.74) is 0.520. The predicted molar refractivity (Wildman–Crippen MR) is 68.6 cm³/mol. The Morgan fingerprint density at radius 3 is 2.65 bits per heavy atom. The van der Waals surface area contributed by atoms with Crippen LogP contribution in [0.2, 0.25) is 10.3 Å². The van der Waals surface area contributed by atoms with Gasteiger partial charge in [-0.15, -0.1) is 0 Å². The van der Waals surface area contributed by atoms with Gasteiger partial charge in [0.1, 0.15) is 10.3 Å². The summed E-state index contributed by atoms with van der Waals surface area (Å²) in [6, 6.07) is 3.13. The first-order valence-corrected chi connectivity index (χ1v) is 6.48. The van der Waals surface area contributed by atoms with Gasteiger partial charge in [0.25, 0.3) is 5.91 Å². The van der Waals surface area contributed by atoms with E-state index in [0.29, 0.717) is 11.5 Å². The van der Waals surface area contributed by atoms with Crippen LogP contribution in [-0.4, -0.2) is 28.9 Å². The SMILES string of the molecule is CCC1CCN(C(=O)c2cc(Cl)nc(Cl)c2)C1. The van der Waals surface area contributed by atoms with E-state index in [0.717, 1.165) is 25.9 Å². The summed E-state index contributed by atoms with van der Waals surface area (Å²) in [4.78, 5) is 17.9. The molecule has 1 aromatic rings. The molecule has 1 aromatic heterocycles. The molecule has 1 saturated heterocycles. The number of halogens is 2. The van der Waals surface area contributed by atoms with Crippen molar-refractivity contribution in [3.63, 3.8) is 0 Å². The highest BCUT2D eigenvalue weighted by atomic mass is 35.5. The largest absolute Gasteiger partial charge is 0.338 e. The first kappa shape index (κ1) is 12.7. The highest BCUT2D eigenvalue weighted by Gasteiger charge is 2.26. The maximum Gasteiger partial charge on any atom is 0.254 e. The molecule has 1 amide bonds. The van der Waals surface area contributed by atoms with Crippen molar-refractivity contribution in [2.24, 2.45) is 5.92 Å². The quantitative estimate of drug-likeness (QED) is 0.775. The molecule has 3 nitrogen and oxygen atoms in total. The van der Waals surface area contributed by atoms with Crippen molar-refractivity contribution in [1.29, 1.82) is 0 Å². The molecule has 0 aromatic carbocycles. The third-order valence-electron chi connectivity index (χ3n) is 3.16. The van der Waals surface area contributed by atoms with E-state index in [1.807, 2.05) is 4.90 Å². The summed E-state index contributed by atoms with van der Waals surface area (Å²) in [5.74, 6) is 0.610. The predicted octanol–water partition coefficient (Wildman–Crippen LogP) is 3.26. The van der Waals surface area contributed by atoms with E-state index < -0.39 is 0 Å². The summed E-state index contributed by atoms with van der Waals surface area (Å²) in [7, 11) is 0. The van der Waals surface area contributed by atoms with Gasteiger partial charge in [-0.2, -0.15) is 0 Å². The average Bonchev–Trinajstić information content (AvgIpc) is 2.75. The van der Waals surface area contributed by atoms with Crippen molar-refractivity contribution in [3.8, 4) is 0 Å². The maximum absolute atomic E-state index is 12.2. The highest BCUT2D eigenvalue weighted by molar-refractivity contribution is 6.33. The van der Waals surface area contributed by atoms with E-state index in [9.17, 15) is 4.79 Å². The summed E-state index contributed by atoms with van der Waals surface area (Å²) in [6.45, 7) is 3.79. The first-order valence-electron chi connectivity index (χ1n) is 5.72. The molecule has 1 fully saturated rings. The Kier molecular flexibility index (Phi) is 3.89. The second-order valence-electron chi connectivity index (χ2n) is 4.32. The molecule has 0 bridgehead atoms. The van der Waals surface area contributed by atoms with E-state index >= 15 is 0 Å². The number of pyridine rings is 1. The lowest BCUT2D eigenvalue weighted by Crippen LogP contribution is -2.28. The lowest BCUT2D eigenvalue weighted by atomic mass is 10.1. The zero-order valence-corrected chi connectivity index (χ0v) is 11.1. The topological polar surface area (TPSA) is 33.2 Å². The molecule has 92 valence electrons. The first-order chi connectivity index (χ1) is 8.10. The van der Waals surface area contributed by atoms with Crippen LogP contribution in [0.15, 0.2) is 12.1 Å². The maximum atomic E-state index is 12.2. The Bertz CT molecular complexity index is 416. The van der Waals surface area contributed by atoms with Crippen molar-refractivity contribution in [2.75, 3.05) is 13.1 Å². The third kappa shape index (κ3) is 2.90. The second kappa shape index (κ2) is 5.23. The molecule has 0 saturated carbocycles. The zero-order chi connectivity index (χ0) is 12.4. The zero-order valence-electron chi connectivity index (χ0n) is 9.62. The van der Waals surface area contributed by atoms with Crippen LogP contribution >= 0.6 is 23.2 Å². The van der Waals surface area contributed by atoms with E-state index in [1.165, 1.54) is 0 Å². The minimum atomic E-state index is -0.00727. The molecule has 1 unspecified atom stereocenters. The number of nitrogens with zero attached hydrogens (tertiary/aromatic N) is 2. The van der Waals surface area contributed by atoms with Gasteiger partial charge in [0.2, 0.25) is 0 Å². The van der Waals surface area contributed by atoms with Crippen LogP contribution in [0.3, 0.4) is 0 Å². The Morgan fingerprint density at radius 2 is 2.12 bits per heavy atom. The van der Waals surface area contributed by atoms with E-state index in [2.05, 4.69) is 11.9 Å². The molecule has 1 aliphatic heterocycles. The van der Waals surface area contributed by atoms with Gasteiger partial charge in [0.05, 0.1) is 0 Å². The smallest absolute Gasteiger partial charge is 0.254 e. The standard InChI is InChI=1S/C12H14Cl2N2O/c1-2-8-3-4-16(7-8)12(17)9-5-10(13)15-11(14)6-9/h5-6,8H,2-4,7H2,1H3. The minimum Gasteiger partial charge on any atom is -0.338 e. The van der Waals surface area contributed by atoms with Gasteiger partial charge in [-0.25, -0.2) is 4.98 Å². The van der Waals surface area contributed by atoms with Crippen LogP contribution in [0, 0.1) is 5.92 Å². The van der Waals surface area contributed by atoms with Crippen LogP contribution in [0.1, 0.15) is 30.1 Å². The van der Waals surface area contributed by atoms with Crippen LogP contribution in [0.5, 0.6) is 0 Å². The van der Waals surface area contributed by atoms with Crippen molar-refractivity contribution in [2.45, 2.75) is 19.8 Å². The van der Waals surface area contributed by atoms with Crippen molar-refractivity contribution >= 4 is 29.1 Å². The molecule has 17 heavy (non-hydrogen) atoms. The molecule has 1 atom stereocenters. The van der Waals surface area contributed by atoms with Gasteiger partial charge in [0.15, 0.2) is 0 Å². The van der Waals surface area contributed by atoms with Crippen molar-refractivity contribution in [1.82, 2.24) is 9.88 Å². The second-order valence-corrected chi connectivity index (χ2v) is 5.09. The number of amides is 1. The minimum absolute atomic E-state index is 0.00727. The van der Waals surface area contributed by atoms with Crippen LogP contribution < -0.4 is 0 Å². The summed E-state index contributed by atoms with van der Waals surface area (Å²) in [6.07, 6.45) is 2.19. The Hall–Kier alpha value is -0.800. The Morgan fingerprint density at radius 1 is 1.47 bits per heavy atom. The van der Waals surface area contributed by atoms with Gasteiger partial charge >= 0.3 is 0 Å².